The number of hydrogen-bond acceptors (Lipinski definition) is 3. The highest BCUT2D eigenvalue weighted by molar-refractivity contribution is 6.30. The number of aromatic nitrogens is 2. The van der Waals surface area contributed by atoms with Crippen molar-refractivity contribution in [1.29, 1.82) is 0 Å². The van der Waals surface area contributed by atoms with Gasteiger partial charge in [-0.05, 0) is 83.1 Å². The molecule has 1 aromatic heterocycles. The molecule has 0 aliphatic rings. The number of nitrogens with zero attached hydrogens (tertiary/aromatic N) is 1. The second-order valence-electron chi connectivity index (χ2n) is 10.6. The summed E-state index contributed by atoms with van der Waals surface area (Å²) >= 11 is 6.23. The van der Waals surface area contributed by atoms with Crippen molar-refractivity contribution in [2.24, 2.45) is 0 Å². The topological polar surface area (TPSA) is 95.1 Å². The zero-order chi connectivity index (χ0) is 31.4. The molecule has 44 heavy (non-hydrogen) atoms. The number of aliphatic carboxylic acids is 1. The SMILES string of the molecule is CCCC(c1ccc(C(=O)NCCC(=O)O)cc1)C(c1ccc(Cl)cc1)c1[nH]nc2c(F)cc(-c3ccc(F)c(F)c3)cc12. The standard InChI is InChI=1S/C34H29ClF3N3O3/c1-2-3-25(19-4-6-21(7-5-19)34(44)39-15-14-30(42)43)31(20-8-11-24(35)12-9-20)33-26-16-23(18-29(38)32(26)40-41-33)22-10-13-27(36)28(37)17-22/h4-13,16-18,25,31H,2-3,14-15H2,1H3,(H,39,44)(H,40,41)(H,42,43). The summed E-state index contributed by atoms with van der Waals surface area (Å²) in [4.78, 5) is 23.4. The van der Waals surface area contributed by atoms with E-state index in [1.807, 2.05) is 24.3 Å². The average Bonchev–Trinajstić information content (AvgIpc) is 3.43. The van der Waals surface area contributed by atoms with Gasteiger partial charge in [0.15, 0.2) is 17.5 Å². The van der Waals surface area contributed by atoms with Gasteiger partial charge in [-0.15, -0.1) is 0 Å². The molecule has 1 amide bonds. The lowest BCUT2D eigenvalue weighted by Gasteiger charge is -2.28. The summed E-state index contributed by atoms with van der Waals surface area (Å²) in [6.07, 6.45) is 1.36. The predicted molar refractivity (Wildman–Crippen MR) is 163 cm³/mol. The maximum atomic E-state index is 15.4. The number of halogens is 4. The van der Waals surface area contributed by atoms with Crippen molar-refractivity contribution < 1.29 is 27.9 Å². The Balaban J connectivity index is 1.60. The van der Waals surface area contributed by atoms with Gasteiger partial charge in [-0.2, -0.15) is 5.10 Å². The quantitative estimate of drug-likeness (QED) is 0.139. The molecule has 10 heteroatoms. The number of fused-ring (bicyclic) bond motifs is 1. The van der Waals surface area contributed by atoms with Gasteiger partial charge in [0.2, 0.25) is 0 Å². The van der Waals surface area contributed by atoms with Crippen LogP contribution >= 0.6 is 11.6 Å². The molecule has 2 atom stereocenters. The second kappa shape index (κ2) is 13.3. The second-order valence-corrected chi connectivity index (χ2v) is 11.0. The number of nitrogens with one attached hydrogen (secondary N) is 2. The number of H-pyrrole nitrogens is 1. The summed E-state index contributed by atoms with van der Waals surface area (Å²) in [6.45, 7) is 2.07. The molecule has 0 spiro atoms. The smallest absolute Gasteiger partial charge is 0.305 e. The number of carbonyl (C=O) groups is 2. The first-order chi connectivity index (χ1) is 21.2. The van der Waals surface area contributed by atoms with Crippen molar-refractivity contribution in [3.8, 4) is 11.1 Å². The van der Waals surface area contributed by atoms with Gasteiger partial charge in [0, 0.05) is 28.4 Å². The molecule has 2 unspecified atom stereocenters. The van der Waals surface area contributed by atoms with E-state index in [0.29, 0.717) is 32.8 Å². The van der Waals surface area contributed by atoms with E-state index in [2.05, 4.69) is 22.4 Å². The molecule has 5 rings (SSSR count). The van der Waals surface area contributed by atoms with Gasteiger partial charge in [-0.3, -0.25) is 14.7 Å². The fraction of sp³-hybridized carbons (Fsp3) is 0.206. The van der Waals surface area contributed by atoms with Crippen molar-refractivity contribution in [1.82, 2.24) is 15.5 Å². The molecule has 0 fully saturated rings. The maximum Gasteiger partial charge on any atom is 0.305 e. The molecular formula is C34H29ClF3N3O3. The van der Waals surface area contributed by atoms with Crippen LogP contribution in [0.5, 0.6) is 0 Å². The van der Waals surface area contributed by atoms with Crippen LogP contribution in [0.3, 0.4) is 0 Å². The maximum absolute atomic E-state index is 15.4. The number of carboxylic acids is 1. The predicted octanol–water partition coefficient (Wildman–Crippen LogP) is 8.22. The summed E-state index contributed by atoms with van der Waals surface area (Å²) in [7, 11) is 0. The van der Waals surface area contributed by atoms with Crippen LogP contribution in [0, 0.1) is 17.5 Å². The highest BCUT2D eigenvalue weighted by Gasteiger charge is 2.30. The summed E-state index contributed by atoms with van der Waals surface area (Å²) in [5, 5.41) is 19.9. The van der Waals surface area contributed by atoms with Crippen LogP contribution in [-0.2, 0) is 4.79 Å². The third-order valence-corrected chi connectivity index (χ3v) is 7.91. The lowest BCUT2D eigenvalue weighted by Crippen LogP contribution is -2.26. The molecule has 4 aromatic carbocycles. The number of aromatic amines is 1. The van der Waals surface area contributed by atoms with E-state index in [9.17, 15) is 18.4 Å². The van der Waals surface area contributed by atoms with Crippen LogP contribution in [0.15, 0.2) is 78.9 Å². The lowest BCUT2D eigenvalue weighted by molar-refractivity contribution is -0.136. The van der Waals surface area contributed by atoms with Crippen LogP contribution in [0.2, 0.25) is 5.02 Å². The van der Waals surface area contributed by atoms with E-state index in [1.165, 1.54) is 12.1 Å². The normalized spacial score (nSPS) is 12.7. The zero-order valence-electron chi connectivity index (χ0n) is 23.7. The third kappa shape index (κ3) is 6.63. The molecule has 3 N–H and O–H groups in total. The number of amides is 1. The van der Waals surface area contributed by atoms with Crippen molar-refractivity contribution in [2.75, 3.05) is 6.54 Å². The van der Waals surface area contributed by atoms with Crippen LogP contribution in [0.1, 0.15) is 65.2 Å². The molecular weight excluding hydrogens is 591 g/mol. The molecule has 0 bridgehead atoms. The van der Waals surface area contributed by atoms with Gasteiger partial charge in [0.25, 0.3) is 5.91 Å². The Morgan fingerprint density at radius 2 is 1.57 bits per heavy atom. The summed E-state index contributed by atoms with van der Waals surface area (Å²) in [5.41, 5.74) is 3.66. The minimum atomic E-state index is -1.03. The first kappa shape index (κ1) is 30.8. The van der Waals surface area contributed by atoms with Gasteiger partial charge in [-0.25, -0.2) is 13.2 Å². The van der Waals surface area contributed by atoms with Crippen LogP contribution in [0.25, 0.3) is 22.0 Å². The van der Waals surface area contributed by atoms with E-state index in [-0.39, 0.29) is 36.2 Å². The van der Waals surface area contributed by atoms with E-state index < -0.39 is 23.4 Å². The number of benzene rings is 4. The fourth-order valence-electron chi connectivity index (χ4n) is 5.55. The summed E-state index contributed by atoms with van der Waals surface area (Å²) in [6, 6.07) is 20.9. The molecule has 5 aromatic rings. The highest BCUT2D eigenvalue weighted by Crippen LogP contribution is 2.44. The highest BCUT2D eigenvalue weighted by atomic mass is 35.5. The van der Waals surface area contributed by atoms with Crippen LogP contribution in [0.4, 0.5) is 13.2 Å². The zero-order valence-corrected chi connectivity index (χ0v) is 24.5. The van der Waals surface area contributed by atoms with Crippen LogP contribution < -0.4 is 5.32 Å². The first-order valence-electron chi connectivity index (χ1n) is 14.1. The molecule has 6 nitrogen and oxygen atoms in total. The number of carboxylic acid groups (broad SMARTS) is 1. The minimum absolute atomic E-state index is 0.0169. The Hall–Kier alpha value is -4.63. The van der Waals surface area contributed by atoms with Gasteiger partial charge in [0.05, 0.1) is 12.1 Å². The number of rotatable bonds is 11. The first-order valence-corrected chi connectivity index (χ1v) is 14.5. The Bertz CT molecular complexity index is 1810. The lowest BCUT2D eigenvalue weighted by atomic mass is 9.76. The van der Waals surface area contributed by atoms with E-state index in [1.54, 1.807) is 30.3 Å². The molecule has 0 saturated heterocycles. The molecule has 0 aliphatic carbocycles. The number of carbonyl (C=O) groups excluding carboxylic acids is 1. The fourth-order valence-corrected chi connectivity index (χ4v) is 5.67. The van der Waals surface area contributed by atoms with Crippen LogP contribution in [-0.4, -0.2) is 33.7 Å². The van der Waals surface area contributed by atoms with E-state index >= 15 is 4.39 Å². The largest absolute Gasteiger partial charge is 0.481 e. The Labute approximate surface area is 256 Å². The van der Waals surface area contributed by atoms with E-state index in [0.717, 1.165) is 36.1 Å². The monoisotopic (exact) mass is 619 g/mol. The number of hydrogen-bond donors (Lipinski definition) is 3. The van der Waals surface area contributed by atoms with Gasteiger partial charge in [0.1, 0.15) is 5.52 Å². The third-order valence-electron chi connectivity index (χ3n) is 7.66. The van der Waals surface area contributed by atoms with Crippen molar-refractivity contribution in [3.63, 3.8) is 0 Å². The summed E-state index contributed by atoms with van der Waals surface area (Å²) in [5.74, 6) is -4.51. The van der Waals surface area contributed by atoms with Gasteiger partial charge >= 0.3 is 5.97 Å². The van der Waals surface area contributed by atoms with E-state index in [4.69, 9.17) is 16.7 Å². The molecule has 0 aliphatic heterocycles. The van der Waals surface area contributed by atoms with Crippen molar-refractivity contribution in [2.45, 2.75) is 38.0 Å². The Morgan fingerprint density at radius 3 is 2.23 bits per heavy atom. The Kier molecular flexibility index (Phi) is 9.35. The molecule has 0 saturated carbocycles. The van der Waals surface area contributed by atoms with Crippen molar-refractivity contribution in [3.05, 3.63) is 124 Å². The van der Waals surface area contributed by atoms with Gasteiger partial charge in [-0.1, -0.05) is 55.3 Å². The Morgan fingerprint density at radius 1 is 0.886 bits per heavy atom. The molecule has 0 radical (unpaired) electrons. The molecule has 226 valence electrons. The van der Waals surface area contributed by atoms with Gasteiger partial charge < -0.3 is 10.4 Å². The average molecular weight is 620 g/mol. The summed E-state index contributed by atoms with van der Waals surface area (Å²) < 4.78 is 43.2. The van der Waals surface area contributed by atoms with Crippen molar-refractivity contribution >= 4 is 34.4 Å². The minimum Gasteiger partial charge on any atom is -0.481 e. The molecule has 1 heterocycles.